The van der Waals surface area contributed by atoms with Crippen LogP contribution in [-0.2, 0) is 14.2 Å². The average Bonchev–Trinajstić information content (AvgIpc) is 1.99. The van der Waals surface area contributed by atoms with Gasteiger partial charge in [-0.2, -0.15) is 0 Å². The Bertz CT molecular complexity index is 319. The zero-order valence-corrected chi connectivity index (χ0v) is 8.85. The third-order valence-electron chi connectivity index (χ3n) is 1.30. The van der Waals surface area contributed by atoms with E-state index in [1.165, 1.54) is 0 Å². The molecule has 0 aromatic carbocycles. The third kappa shape index (κ3) is 7.87. The minimum absolute atomic E-state index is 0.539. The highest BCUT2D eigenvalue weighted by Gasteiger charge is 2.15. The summed E-state index contributed by atoms with van der Waals surface area (Å²) in [6.45, 7) is 1.15. The van der Waals surface area contributed by atoms with E-state index in [1.54, 1.807) is 0 Å². The van der Waals surface area contributed by atoms with Gasteiger partial charge in [-0.05, 0) is 0 Å². The zero-order valence-electron chi connectivity index (χ0n) is 7.95. The second-order valence-corrected chi connectivity index (χ2v) is 4.49. The number of nitrogens with one attached hydrogen (secondary N) is 1. The highest BCUT2D eigenvalue weighted by molar-refractivity contribution is 7.51. The smallest absolute Gasteiger partial charge is 0.330 e. The molecule has 0 rings (SSSR count). The number of carbonyl (C=O) groups excluding carboxylic acids is 1. The summed E-state index contributed by atoms with van der Waals surface area (Å²) in [5, 5.41) is 10.7. The normalized spacial score (nSPS) is 13.8. The van der Waals surface area contributed by atoms with Crippen LogP contribution in [0.2, 0.25) is 0 Å². The van der Waals surface area contributed by atoms with Crippen molar-refractivity contribution in [2.24, 2.45) is 0 Å². The Morgan fingerprint density at radius 1 is 1.47 bits per heavy atom. The molecule has 1 amide bonds. The standard InChI is InChI=1S/C7H12NO6P/c1-5(9)8-6(7(10)11)3-2-4-15(12,13)14/h2-3,6H,4H2,1H3,(H,8,9)(H,10,11)(H2,12,13,14)/b3-2+. The molecule has 0 aliphatic rings. The second kappa shape index (κ2) is 5.65. The number of carboxylic acid groups (broad SMARTS) is 1. The van der Waals surface area contributed by atoms with Crippen LogP contribution < -0.4 is 5.32 Å². The molecule has 1 unspecified atom stereocenters. The molecule has 0 saturated heterocycles. The zero-order chi connectivity index (χ0) is 12.1. The van der Waals surface area contributed by atoms with Gasteiger partial charge < -0.3 is 20.2 Å². The summed E-state index contributed by atoms with van der Waals surface area (Å²) in [4.78, 5) is 38.0. The molecule has 1 atom stereocenters. The minimum atomic E-state index is -4.18. The van der Waals surface area contributed by atoms with Gasteiger partial charge in [0.05, 0.1) is 6.16 Å². The Hall–Kier alpha value is -1.17. The van der Waals surface area contributed by atoms with Crippen molar-refractivity contribution in [2.75, 3.05) is 6.16 Å². The van der Waals surface area contributed by atoms with Gasteiger partial charge in [-0.15, -0.1) is 0 Å². The molecule has 0 aromatic rings. The van der Waals surface area contributed by atoms with Crippen molar-refractivity contribution in [3.05, 3.63) is 12.2 Å². The Morgan fingerprint density at radius 3 is 2.33 bits per heavy atom. The maximum atomic E-state index is 10.6. The first-order chi connectivity index (χ1) is 6.72. The van der Waals surface area contributed by atoms with Crippen molar-refractivity contribution < 1.29 is 29.0 Å². The van der Waals surface area contributed by atoms with E-state index in [0.29, 0.717) is 0 Å². The van der Waals surface area contributed by atoms with Gasteiger partial charge in [0.2, 0.25) is 5.91 Å². The molecule has 8 heteroatoms. The number of carbonyl (C=O) groups is 2. The lowest BCUT2D eigenvalue weighted by Gasteiger charge is -2.07. The second-order valence-electron chi connectivity index (χ2n) is 2.79. The van der Waals surface area contributed by atoms with E-state index in [4.69, 9.17) is 14.9 Å². The summed E-state index contributed by atoms with van der Waals surface area (Å²) in [5.41, 5.74) is 0. The highest BCUT2D eigenvalue weighted by atomic mass is 31.2. The van der Waals surface area contributed by atoms with Crippen molar-refractivity contribution in [3.63, 3.8) is 0 Å². The third-order valence-corrected chi connectivity index (χ3v) is 1.98. The number of hydrogen-bond acceptors (Lipinski definition) is 3. The Morgan fingerprint density at radius 2 is 2.00 bits per heavy atom. The van der Waals surface area contributed by atoms with Crippen LogP contribution >= 0.6 is 7.60 Å². The fourth-order valence-electron chi connectivity index (χ4n) is 0.745. The van der Waals surface area contributed by atoms with Crippen LogP contribution in [0.1, 0.15) is 6.92 Å². The Labute approximate surface area is 86.0 Å². The van der Waals surface area contributed by atoms with Gasteiger partial charge in [0.15, 0.2) is 0 Å². The molecule has 7 nitrogen and oxygen atoms in total. The van der Waals surface area contributed by atoms with Gasteiger partial charge in [-0.1, -0.05) is 12.2 Å². The number of carboxylic acids is 1. The molecule has 0 spiro atoms. The van der Waals surface area contributed by atoms with Crippen LogP contribution in [0.4, 0.5) is 0 Å². The Balaban J connectivity index is 4.35. The first-order valence-electron chi connectivity index (χ1n) is 3.93. The lowest BCUT2D eigenvalue weighted by molar-refractivity contribution is -0.140. The van der Waals surface area contributed by atoms with Crippen molar-refractivity contribution in [1.82, 2.24) is 5.32 Å². The van der Waals surface area contributed by atoms with Gasteiger partial charge in [-0.25, -0.2) is 4.79 Å². The molecule has 0 aromatic heterocycles. The van der Waals surface area contributed by atoms with Crippen molar-refractivity contribution in [3.8, 4) is 0 Å². The van der Waals surface area contributed by atoms with E-state index in [-0.39, 0.29) is 0 Å². The first-order valence-corrected chi connectivity index (χ1v) is 5.73. The van der Waals surface area contributed by atoms with E-state index >= 15 is 0 Å². The molecular formula is C7H12NO6P. The van der Waals surface area contributed by atoms with Gasteiger partial charge in [0.1, 0.15) is 6.04 Å². The summed E-state index contributed by atoms with van der Waals surface area (Å²) in [6.07, 6.45) is 1.48. The molecule has 0 aliphatic heterocycles. The summed E-state index contributed by atoms with van der Waals surface area (Å²) in [7, 11) is -4.18. The number of hydrogen-bond donors (Lipinski definition) is 4. The molecule has 0 bridgehead atoms. The molecule has 0 saturated carbocycles. The predicted octanol–water partition coefficient (Wildman–Crippen LogP) is -0.690. The van der Waals surface area contributed by atoms with Crippen LogP contribution in [0.25, 0.3) is 0 Å². The number of rotatable bonds is 5. The molecule has 0 radical (unpaired) electrons. The summed E-state index contributed by atoms with van der Waals surface area (Å²) in [5.74, 6) is -1.84. The van der Waals surface area contributed by atoms with Crippen LogP contribution in [0, 0.1) is 0 Å². The predicted molar refractivity (Wildman–Crippen MR) is 51.3 cm³/mol. The number of allylic oxidation sites excluding steroid dienone is 1. The van der Waals surface area contributed by atoms with Crippen molar-refractivity contribution >= 4 is 19.5 Å². The van der Waals surface area contributed by atoms with Gasteiger partial charge in [-0.3, -0.25) is 9.36 Å². The van der Waals surface area contributed by atoms with Crippen LogP contribution in [0.5, 0.6) is 0 Å². The lowest BCUT2D eigenvalue weighted by atomic mass is 10.2. The SMILES string of the molecule is CC(=O)NC(/C=C/CP(=O)(O)O)C(=O)O. The lowest BCUT2D eigenvalue weighted by Crippen LogP contribution is -2.37. The van der Waals surface area contributed by atoms with Gasteiger partial charge >= 0.3 is 13.6 Å². The Kier molecular flexibility index (Phi) is 5.21. The van der Waals surface area contributed by atoms with E-state index < -0.39 is 31.7 Å². The molecule has 0 aliphatic carbocycles. The molecule has 4 N–H and O–H groups in total. The fraction of sp³-hybridized carbons (Fsp3) is 0.429. The average molecular weight is 237 g/mol. The topological polar surface area (TPSA) is 124 Å². The van der Waals surface area contributed by atoms with Gasteiger partial charge in [0.25, 0.3) is 0 Å². The van der Waals surface area contributed by atoms with Crippen LogP contribution in [-0.4, -0.2) is 39.0 Å². The van der Waals surface area contributed by atoms with Crippen LogP contribution in [0.15, 0.2) is 12.2 Å². The maximum Gasteiger partial charge on any atom is 0.330 e. The summed E-state index contributed by atoms with van der Waals surface area (Å²) >= 11 is 0. The summed E-state index contributed by atoms with van der Waals surface area (Å²) in [6, 6.07) is -1.27. The molecule has 0 heterocycles. The van der Waals surface area contributed by atoms with Gasteiger partial charge in [0, 0.05) is 6.92 Å². The van der Waals surface area contributed by atoms with Crippen molar-refractivity contribution in [1.29, 1.82) is 0 Å². The van der Waals surface area contributed by atoms with Crippen molar-refractivity contribution in [2.45, 2.75) is 13.0 Å². The molecule has 0 fully saturated rings. The largest absolute Gasteiger partial charge is 0.479 e. The molecular weight excluding hydrogens is 225 g/mol. The van der Waals surface area contributed by atoms with Crippen LogP contribution in [0.3, 0.4) is 0 Å². The maximum absolute atomic E-state index is 10.6. The fourth-order valence-corrected chi connectivity index (χ4v) is 1.14. The molecule has 15 heavy (non-hydrogen) atoms. The monoisotopic (exact) mass is 237 g/mol. The summed E-state index contributed by atoms with van der Waals surface area (Å²) < 4.78 is 10.4. The number of amides is 1. The van der Waals surface area contributed by atoms with E-state index in [1.807, 2.05) is 0 Å². The first kappa shape index (κ1) is 13.8. The highest BCUT2D eigenvalue weighted by Crippen LogP contribution is 2.33. The number of aliphatic carboxylic acids is 1. The quantitative estimate of drug-likeness (QED) is 0.370. The molecule has 86 valence electrons. The van der Waals surface area contributed by atoms with E-state index in [0.717, 1.165) is 19.1 Å². The van der Waals surface area contributed by atoms with E-state index in [2.05, 4.69) is 5.32 Å². The van der Waals surface area contributed by atoms with E-state index in [9.17, 15) is 14.2 Å². The minimum Gasteiger partial charge on any atom is -0.479 e.